The molecule has 128 valence electrons. The molecule has 1 saturated heterocycles. The third kappa shape index (κ3) is 3.39. The highest BCUT2D eigenvalue weighted by molar-refractivity contribution is 7.13. The van der Waals surface area contributed by atoms with E-state index < -0.39 is 0 Å². The average molecular weight is 343 g/mol. The number of carbonyl (C=O) groups excluding carboxylic acids is 1. The Morgan fingerprint density at radius 3 is 2.71 bits per heavy atom. The molecule has 2 aromatic rings. The molecule has 1 atom stereocenters. The molecule has 0 saturated carbocycles. The van der Waals surface area contributed by atoms with E-state index in [4.69, 9.17) is 0 Å². The molecule has 3 nitrogen and oxygen atoms in total. The van der Waals surface area contributed by atoms with E-state index in [1.807, 2.05) is 11.8 Å². The summed E-state index contributed by atoms with van der Waals surface area (Å²) in [5, 5.41) is 1.06. The number of likely N-dealkylation sites (tertiary alicyclic amines) is 1. The van der Waals surface area contributed by atoms with E-state index in [1.165, 1.54) is 11.1 Å². The Morgan fingerprint density at radius 2 is 2.04 bits per heavy atom. The third-order valence-corrected chi connectivity index (χ3v) is 6.28. The number of thiazole rings is 1. The van der Waals surface area contributed by atoms with Gasteiger partial charge in [0.25, 0.3) is 5.91 Å². The lowest BCUT2D eigenvalue weighted by atomic mass is 9.88. The number of rotatable bonds is 3. The fourth-order valence-electron chi connectivity index (χ4n) is 3.47. The van der Waals surface area contributed by atoms with Gasteiger partial charge >= 0.3 is 0 Å². The number of aromatic nitrogens is 1. The fourth-order valence-corrected chi connectivity index (χ4v) is 4.50. The molecule has 0 N–H and O–H groups in total. The topological polar surface area (TPSA) is 33.2 Å². The Labute approximate surface area is 148 Å². The maximum Gasteiger partial charge on any atom is 0.265 e. The highest BCUT2D eigenvalue weighted by Gasteiger charge is 2.28. The molecule has 0 radical (unpaired) electrons. The summed E-state index contributed by atoms with van der Waals surface area (Å²) in [4.78, 5) is 20.5. The molecule has 1 fully saturated rings. The van der Waals surface area contributed by atoms with Gasteiger partial charge in [0.2, 0.25) is 0 Å². The van der Waals surface area contributed by atoms with Crippen molar-refractivity contribution in [2.24, 2.45) is 0 Å². The molecular formula is C20H26N2OS. The van der Waals surface area contributed by atoms with Crippen LogP contribution in [0.2, 0.25) is 0 Å². The molecule has 1 aliphatic heterocycles. The smallest absolute Gasteiger partial charge is 0.265 e. The minimum absolute atomic E-state index is 0.162. The van der Waals surface area contributed by atoms with Crippen LogP contribution in [-0.2, 0) is 0 Å². The second-order valence-electron chi connectivity index (χ2n) is 7.07. The van der Waals surface area contributed by atoms with Crippen LogP contribution < -0.4 is 0 Å². The summed E-state index contributed by atoms with van der Waals surface area (Å²) in [6.45, 7) is 10.0. The number of carbonyl (C=O) groups is 1. The van der Waals surface area contributed by atoms with Crippen LogP contribution >= 0.6 is 11.3 Å². The van der Waals surface area contributed by atoms with Crippen molar-refractivity contribution in [1.29, 1.82) is 0 Å². The van der Waals surface area contributed by atoms with Gasteiger partial charge in [0.15, 0.2) is 0 Å². The van der Waals surface area contributed by atoms with E-state index in [1.54, 1.807) is 11.3 Å². The van der Waals surface area contributed by atoms with Crippen LogP contribution in [0, 0.1) is 13.8 Å². The zero-order valence-electron chi connectivity index (χ0n) is 15.0. The molecule has 24 heavy (non-hydrogen) atoms. The van der Waals surface area contributed by atoms with Gasteiger partial charge in [-0.15, -0.1) is 11.3 Å². The first kappa shape index (κ1) is 17.2. The second-order valence-corrected chi connectivity index (χ2v) is 8.10. The van der Waals surface area contributed by atoms with Crippen LogP contribution in [0.1, 0.15) is 70.0 Å². The van der Waals surface area contributed by atoms with Crippen LogP contribution in [0.15, 0.2) is 24.3 Å². The highest BCUT2D eigenvalue weighted by Crippen LogP contribution is 2.31. The molecule has 4 heteroatoms. The highest BCUT2D eigenvalue weighted by atomic mass is 32.1. The standard InChI is InChI=1S/C20H26N2OS/c1-13(2)19-21-15(4)18(24-19)20(23)22-11-7-9-16(12-22)17-10-6-5-8-14(17)3/h5-6,8,10,13,16H,7,9,11-12H2,1-4H3/t16-/m1/s1. The SMILES string of the molecule is Cc1ccccc1[C@@H]1CCCN(C(=O)c2sc(C(C)C)nc2C)C1. The molecule has 0 bridgehead atoms. The molecule has 3 rings (SSSR count). The van der Waals surface area contributed by atoms with Crippen molar-refractivity contribution in [2.75, 3.05) is 13.1 Å². The summed E-state index contributed by atoms with van der Waals surface area (Å²) >= 11 is 1.57. The number of benzene rings is 1. The quantitative estimate of drug-likeness (QED) is 0.794. The van der Waals surface area contributed by atoms with Crippen LogP contribution in [0.4, 0.5) is 0 Å². The van der Waals surface area contributed by atoms with Gasteiger partial charge in [-0.2, -0.15) is 0 Å². The monoisotopic (exact) mass is 342 g/mol. The minimum atomic E-state index is 0.162. The first-order valence-corrected chi connectivity index (χ1v) is 9.61. The molecule has 1 aromatic carbocycles. The van der Waals surface area contributed by atoms with Crippen LogP contribution in [0.25, 0.3) is 0 Å². The Hall–Kier alpha value is -1.68. The normalized spacial score (nSPS) is 18.2. The number of aryl methyl sites for hydroxylation is 2. The average Bonchev–Trinajstić information content (AvgIpc) is 2.97. The van der Waals surface area contributed by atoms with Crippen molar-refractivity contribution >= 4 is 17.2 Å². The lowest BCUT2D eigenvalue weighted by Crippen LogP contribution is -2.39. The lowest BCUT2D eigenvalue weighted by Gasteiger charge is -2.33. The van der Waals surface area contributed by atoms with Gasteiger partial charge in [0.05, 0.1) is 10.7 Å². The molecular weight excluding hydrogens is 316 g/mol. The molecule has 0 unspecified atom stereocenters. The Morgan fingerprint density at radius 1 is 1.29 bits per heavy atom. The molecule has 1 aromatic heterocycles. The van der Waals surface area contributed by atoms with Gasteiger partial charge in [-0.05, 0) is 37.8 Å². The first-order valence-electron chi connectivity index (χ1n) is 8.79. The van der Waals surface area contributed by atoms with Crippen LogP contribution in [-0.4, -0.2) is 28.9 Å². The van der Waals surface area contributed by atoms with Gasteiger partial charge < -0.3 is 4.90 Å². The van der Waals surface area contributed by atoms with E-state index in [0.29, 0.717) is 11.8 Å². The molecule has 0 aliphatic carbocycles. The largest absolute Gasteiger partial charge is 0.337 e. The maximum atomic E-state index is 13.0. The van der Waals surface area contributed by atoms with Crippen molar-refractivity contribution in [3.63, 3.8) is 0 Å². The van der Waals surface area contributed by atoms with Gasteiger partial charge in [-0.1, -0.05) is 38.1 Å². The predicted molar refractivity (Wildman–Crippen MR) is 100.0 cm³/mol. The van der Waals surface area contributed by atoms with Crippen molar-refractivity contribution in [3.05, 3.63) is 51.0 Å². The zero-order valence-corrected chi connectivity index (χ0v) is 15.8. The zero-order chi connectivity index (χ0) is 17.3. The van der Waals surface area contributed by atoms with E-state index in [0.717, 1.165) is 41.5 Å². The third-order valence-electron chi connectivity index (χ3n) is 4.84. The van der Waals surface area contributed by atoms with Gasteiger partial charge in [0, 0.05) is 24.9 Å². The van der Waals surface area contributed by atoms with Gasteiger partial charge in [0.1, 0.15) is 4.88 Å². The molecule has 1 aliphatic rings. The molecule has 0 spiro atoms. The number of amides is 1. The Bertz CT molecular complexity index is 735. The van der Waals surface area contributed by atoms with Crippen molar-refractivity contribution in [1.82, 2.24) is 9.88 Å². The molecule has 2 heterocycles. The summed E-state index contributed by atoms with van der Waals surface area (Å²) in [5.74, 6) is 0.980. The van der Waals surface area contributed by atoms with E-state index in [-0.39, 0.29) is 5.91 Å². The van der Waals surface area contributed by atoms with Crippen molar-refractivity contribution in [2.45, 2.75) is 52.4 Å². The number of hydrogen-bond donors (Lipinski definition) is 0. The summed E-state index contributed by atoms with van der Waals surface area (Å²) in [5.41, 5.74) is 3.60. The van der Waals surface area contributed by atoms with Gasteiger partial charge in [-0.3, -0.25) is 4.79 Å². The second kappa shape index (κ2) is 7.06. The van der Waals surface area contributed by atoms with E-state index in [2.05, 4.69) is 50.0 Å². The first-order chi connectivity index (χ1) is 11.5. The number of piperidine rings is 1. The van der Waals surface area contributed by atoms with E-state index >= 15 is 0 Å². The lowest BCUT2D eigenvalue weighted by molar-refractivity contribution is 0.0711. The van der Waals surface area contributed by atoms with E-state index in [9.17, 15) is 4.79 Å². The summed E-state index contributed by atoms with van der Waals surface area (Å²) in [6, 6.07) is 8.56. The Balaban J connectivity index is 1.80. The number of hydrogen-bond acceptors (Lipinski definition) is 3. The van der Waals surface area contributed by atoms with Crippen molar-refractivity contribution < 1.29 is 4.79 Å². The predicted octanol–water partition coefficient (Wildman–Crippen LogP) is 4.90. The van der Waals surface area contributed by atoms with Crippen molar-refractivity contribution in [3.8, 4) is 0 Å². The van der Waals surface area contributed by atoms with Crippen LogP contribution in [0.5, 0.6) is 0 Å². The summed E-state index contributed by atoms with van der Waals surface area (Å²) in [6.07, 6.45) is 2.23. The number of nitrogens with zero attached hydrogens (tertiary/aromatic N) is 2. The fraction of sp³-hybridized carbons (Fsp3) is 0.500. The summed E-state index contributed by atoms with van der Waals surface area (Å²) < 4.78 is 0. The molecule has 1 amide bonds. The Kier molecular flexibility index (Phi) is 5.04. The summed E-state index contributed by atoms with van der Waals surface area (Å²) in [7, 11) is 0. The minimum Gasteiger partial charge on any atom is -0.337 e. The van der Waals surface area contributed by atoms with Gasteiger partial charge in [-0.25, -0.2) is 4.98 Å². The maximum absolute atomic E-state index is 13.0. The van der Waals surface area contributed by atoms with Crippen LogP contribution in [0.3, 0.4) is 0 Å².